The minimum absolute atomic E-state index is 0.000458. The van der Waals surface area contributed by atoms with Crippen molar-refractivity contribution in [2.75, 3.05) is 23.3 Å². The molecule has 0 saturated carbocycles. The molecule has 35 heavy (non-hydrogen) atoms. The molecule has 0 bridgehead atoms. The van der Waals surface area contributed by atoms with Crippen LogP contribution in [0.4, 0.5) is 20.2 Å². The number of nitrogens with zero attached hydrogens (tertiary/aromatic N) is 5. The normalized spacial score (nSPS) is 15.7. The fourth-order valence-electron chi connectivity index (χ4n) is 4.34. The lowest BCUT2D eigenvalue weighted by Gasteiger charge is -2.22. The van der Waals surface area contributed by atoms with Gasteiger partial charge in [-0.3, -0.25) is 9.59 Å². The quantitative estimate of drug-likeness (QED) is 0.465. The molecule has 2 aromatic carbocycles. The van der Waals surface area contributed by atoms with Crippen LogP contribution in [-0.2, 0) is 7.05 Å². The SMILES string of the molecule is Cc1nc2c(N3CC[C@H](N)C3)c(NC(=O)c3ccc(=O)n(-c4c(F)cccc4F)n3)ccc2n1C. The Kier molecular flexibility index (Phi) is 5.56. The molecule has 1 aliphatic heterocycles. The van der Waals surface area contributed by atoms with Gasteiger partial charge >= 0.3 is 0 Å². The Hall–Kier alpha value is -4.12. The van der Waals surface area contributed by atoms with Gasteiger partial charge in [0, 0.05) is 32.2 Å². The topological polar surface area (TPSA) is 111 Å². The maximum atomic E-state index is 14.3. The number of halogens is 2. The van der Waals surface area contributed by atoms with E-state index in [0.717, 1.165) is 47.2 Å². The van der Waals surface area contributed by atoms with Crippen LogP contribution in [-0.4, -0.2) is 44.4 Å². The molecule has 3 heterocycles. The van der Waals surface area contributed by atoms with Gasteiger partial charge in [-0.1, -0.05) is 6.07 Å². The summed E-state index contributed by atoms with van der Waals surface area (Å²) in [5, 5.41) is 6.77. The van der Waals surface area contributed by atoms with Gasteiger partial charge in [-0.05, 0) is 43.7 Å². The summed E-state index contributed by atoms with van der Waals surface area (Å²) in [6, 6.07) is 9.07. The van der Waals surface area contributed by atoms with Crippen molar-refractivity contribution in [2.45, 2.75) is 19.4 Å². The fourth-order valence-corrected chi connectivity index (χ4v) is 4.34. The molecule has 0 radical (unpaired) electrons. The molecule has 4 aromatic rings. The molecule has 5 rings (SSSR count). The zero-order valence-electron chi connectivity index (χ0n) is 19.1. The maximum Gasteiger partial charge on any atom is 0.276 e. The van der Waals surface area contributed by atoms with Crippen molar-refractivity contribution in [2.24, 2.45) is 12.8 Å². The predicted octanol–water partition coefficient (Wildman–Crippen LogP) is 2.50. The van der Waals surface area contributed by atoms with Crippen molar-refractivity contribution < 1.29 is 13.6 Å². The van der Waals surface area contributed by atoms with E-state index >= 15 is 0 Å². The fraction of sp³-hybridized carbons (Fsp3) is 0.250. The van der Waals surface area contributed by atoms with Crippen molar-refractivity contribution in [3.63, 3.8) is 0 Å². The van der Waals surface area contributed by atoms with E-state index in [1.165, 1.54) is 12.1 Å². The molecule has 0 spiro atoms. The minimum atomic E-state index is -0.971. The van der Waals surface area contributed by atoms with Gasteiger partial charge in [0.25, 0.3) is 11.5 Å². The number of anilines is 2. The Balaban J connectivity index is 1.56. The highest BCUT2D eigenvalue weighted by molar-refractivity contribution is 6.08. The van der Waals surface area contributed by atoms with Crippen molar-refractivity contribution in [3.05, 3.63) is 76.0 Å². The van der Waals surface area contributed by atoms with Gasteiger partial charge in [-0.15, -0.1) is 0 Å². The van der Waals surface area contributed by atoms with Crippen molar-refractivity contribution in [1.82, 2.24) is 19.3 Å². The van der Waals surface area contributed by atoms with E-state index in [0.29, 0.717) is 23.5 Å². The monoisotopic (exact) mass is 479 g/mol. The smallest absolute Gasteiger partial charge is 0.276 e. The lowest BCUT2D eigenvalue weighted by atomic mass is 10.2. The molecule has 9 nitrogen and oxygen atoms in total. The van der Waals surface area contributed by atoms with Gasteiger partial charge in [-0.2, -0.15) is 9.78 Å². The molecule has 180 valence electrons. The summed E-state index contributed by atoms with van der Waals surface area (Å²) in [7, 11) is 1.91. The molecule has 1 fully saturated rings. The molecular weight excluding hydrogens is 456 g/mol. The van der Waals surface area contributed by atoms with E-state index in [1.54, 1.807) is 6.07 Å². The second-order valence-corrected chi connectivity index (χ2v) is 8.54. The number of imidazole rings is 1. The summed E-state index contributed by atoms with van der Waals surface area (Å²) >= 11 is 0. The molecule has 1 amide bonds. The minimum Gasteiger partial charge on any atom is -0.366 e. The summed E-state index contributed by atoms with van der Waals surface area (Å²) in [6.45, 7) is 3.20. The molecule has 1 aliphatic rings. The van der Waals surface area contributed by atoms with Crippen LogP contribution in [0, 0.1) is 18.6 Å². The number of rotatable bonds is 4. The van der Waals surface area contributed by atoms with Crippen LogP contribution >= 0.6 is 0 Å². The van der Waals surface area contributed by atoms with E-state index in [9.17, 15) is 18.4 Å². The van der Waals surface area contributed by atoms with Gasteiger partial charge in [0.15, 0.2) is 11.6 Å². The summed E-state index contributed by atoms with van der Waals surface area (Å²) in [5.41, 5.74) is 7.38. The van der Waals surface area contributed by atoms with Gasteiger partial charge in [0.1, 0.15) is 22.7 Å². The first-order chi connectivity index (χ1) is 16.7. The number of hydrogen-bond donors (Lipinski definition) is 2. The number of aromatic nitrogens is 4. The van der Waals surface area contributed by atoms with Crippen molar-refractivity contribution in [1.29, 1.82) is 0 Å². The largest absolute Gasteiger partial charge is 0.366 e. The molecule has 0 unspecified atom stereocenters. The Labute approximate surface area is 198 Å². The van der Waals surface area contributed by atoms with Crippen LogP contribution in [0.1, 0.15) is 22.7 Å². The van der Waals surface area contributed by atoms with E-state index in [4.69, 9.17) is 10.7 Å². The van der Waals surface area contributed by atoms with Crippen LogP contribution in [0.25, 0.3) is 16.7 Å². The number of carbonyl (C=O) groups is 1. The first-order valence-corrected chi connectivity index (χ1v) is 11.1. The zero-order chi connectivity index (χ0) is 24.9. The highest BCUT2D eigenvalue weighted by Gasteiger charge is 2.26. The average Bonchev–Trinajstić information content (AvgIpc) is 3.37. The molecule has 1 saturated heterocycles. The number of nitrogens with one attached hydrogen (secondary N) is 1. The number of fused-ring (bicyclic) bond motifs is 1. The summed E-state index contributed by atoms with van der Waals surface area (Å²) < 4.78 is 31.0. The third kappa shape index (κ3) is 3.93. The first kappa shape index (κ1) is 22.7. The van der Waals surface area contributed by atoms with Crippen molar-refractivity contribution >= 4 is 28.3 Å². The van der Waals surface area contributed by atoms with E-state index in [1.807, 2.05) is 24.6 Å². The van der Waals surface area contributed by atoms with Gasteiger partial charge < -0.3 is 20.5 Å². The third-order valence-corrected chi connectivity index (χ3v) is 6.22. The molecule has 11 heteroatoms. The van der Waals surface area contributed by atoms with Crippen LogP contribution in [0.2, 0.25) is 0 Å². The molecule has 3 N–H and O–H groups in total. The number of hydrogen-bond acceptors (Lipinski definition) is 6. The first-order valence-electron chi connectivity index (χ1n) is 11.1. The Morgan fingerprint density at radius 2 is 1.86 bits per heavy atom. The van der Waals surface area contributed by atoms with E-state index in [2.05, 4.69) is 15.3 Å². The number of aryl methyl sites for hydroxylation is 2. The Morgan fingerprint density at radius 3 is 2.54 bits per heavy atom. The zero-order valence-corrected chi connectivity index (χ0v) is 19.1. The standard InChI is InChI=1S/C24H23F2N7O2/c1-13-28-21-19(31(13)2)8-6-17(23(21)32-11-10-14(27)12-32)29-24(35)18-7-9-20(34)33(30-18)22-15(25)4-3-5-16(22)26/h3-9,14H,10-12,27H2,1-2H3,(H,29,35)/t14-/m0/s1. The molecular formula is C24H23F2N7O2. The number of carbonyl (C=O) groups excluding carboxylic acids is 1. The van der Waals surface area contributed by atoms with Gasteiger partial charge in [-0.25, -0.2) is 13.8 Å². The lowest BCUT2D eigenvalue weighted by Crippen LogP contribution is -2.28. The second-order valence-electron chi connectivity index (χ2n) is 8.54. The molecule has 1 atom stereocenters. The van der Waals surface area contributed by atoms with Gasteiger partial charge in [0.2, 0.25) is 0 Å². The van der Waals surface area contributed by atoms with Gasteiger partial charge in [0.05, 0.1) is 16.9 Å². The van der Waals surface area contributed by atoms with Crippen LogP contribution in [0.15, 0.2) is 47.3 Å². The second kappa shape index (κ2) is 8.58. The summed E-state index contributed by atoms with van der Waals surface area (Å²) in [4.78, 5) is 32.3. The molecule has 0 aliphatic carbocycles. The Bertz CT molecular complexity index is 1510. The average molecular weight is 479 g/mol. The van der Waals surface area contributed by atoms with Crippen LogP contribution in [0.5, 0.6) is 0 Å². The predicted molar refractivity (Wildman–Crippen MR) is 128 cm³/mol. The third-order valence-electron chi connectivity index (χ3n) is 6.22. The van der Waals surface area contributed by atoms with Crippen molar-refractivity contribution in [3.8, 4) is 5.69 Å². The van der Waals surface area contributed by atoms with Crippen LogP contribution in [0.3, 0.4) is 0 Å². The van der Waals surface area contributed by atoms with Crippen LogP contribution < -0.4 is 21.5 Å². The van der Waals surface area contributed by atoms with E-state index in [-0.39, 0.29) is 11.7 Å². The Morgan fingerprint density at radius 1 is 1.11 bits per heavy atom. The number of amides is 1. The number of para-hydroxylation sites is 1. The lowest BCUT2D eigenvalue weighted by molar-refractivity contribution is 0.102. The summed E-state index contributed by atoms with van der Waals surface area (Å²) in [5.74, 6) is -1.78. The van der Waals surface area contributed by atoms with E-state index < -0.39 is 28.8 Å². The number of benzene rings is 2. The highest BCUT2D eigenvalue weighted by atomic mass is 19.1. The molecule has 2 aromatic heterocycles. The summed E-state index contributed by atoms with van der Waals surface area (Å²) in [6.07, 6.45) is 0.802. The highest BCUT2D eigenvalue weighted by Crippen LogP contribution is 2.36. The number of nitrogens with two attached hydrogens (primary N) is 1. The maximum absolute atomic E-state index is 14.3.